The van der Waals surface area contributed by atoms with Crippen LogP contribution in [0, 0.1) is 10.1 Å². The van der Waals surface area contributed by atoms with E-state index in [4.69, 9.17) is 0 Å². The molecule has 0 saturated heterocycles. The van der Waals surface area contributed by atoms with E-state index in [0.717, 1.165) is 4.57 Å². The number of hydrogen-bond acceptors (Lipinski definition) is 5. The Labute approximate surface area is 146 Å². The molecule has 26 heavy (non-hydrogen) atoms. The summed E-state index contributed by atoms with van der Waals surface area (Å²) in [5.74, 6) is -2.04. The standard InChI is InChI=1S/C18H12N2O6/c21-16(9-11-5-7-13(8-6-11)20(25)26)19-15-4-2-1-3-12(15)10-14(17(19)22)18(23)24/h1-8,10H,9H2,(H,23,24). The second-order valence-corrected chi connectivity index (χ2v) is 5.56. The highest BCUT2D eigenvalue weighted by Crippen LogP contribution is 2.16. The molecule has 8 nitrogen and oxygen atoms in total. The van der Waals surface area contributed by atoms with Crippen molar-refractivity contribution in [1.29, 1.82) is 0 Å². The summed E-state index contributed by atoms with van der Waals surface area (Å²) in [7, 11) is 0. The van der Waals surface area contributed by atoms with Crippen LogP contribution in [0.2, 0.25) is 0 Å². The predicted molar refractivity (Wildman–Crippen MR) is 92.6 cm³/mol. The van der Waals surface area contributed by atoms with Crippen LogP contribution >= 0.6 is 0 Å². The molecule has 1 aromatic heterocycles. The van der Waals surface area contributed by atoms with Gasteiger partial charge in [-0.15, -0.1) is 0 Å². The lowest BCUT2D eigenvalue weighted by Crippen LogP contribution is -2.32. The topological polar surface area (TPSA) is 120 Å². The number of aromatic nitrogens is 1. The van der Waals surface area contributed by atoms with Crippen LogP contribution in [-0.4, -0.2) is 26.5 Å². The number of pyridine rings is 1. The van der Waals surface area contributed by atoms with E-state index in [1.54, 1.807) is 24.3 Å². The van der Waals surface area contributed by atoms with Crippen LogP contribution in [0.25, 0.3) is 10.9 Å². The average molecular weight is 352 g/mol. The Hall–Kier alpha value is -3.81. The lowest BCUT2D eigenvalue weighted by atomic mass is 10.1. The Bertz CT molecular complexity index is 1100. The van der Waals surface area contributed by atoms with E-state index in [1.165, 1.54) is 30.3 Å². The molecule has 0 aliphatic heterocycles. The van der Waals surface area contributed by atoms with Crippen LogP contribution < -0.4 is 5.56 Å². The van der Waals surface area contributed by atoms with Gasteiger partial charge in [-0.2, -0.15) is 0 Å². The first-order valence-electron chi connectivity index (χ1n) is 7.53. The molecule has 0 aliphatic rings. The third-order valence-corrected chi connectivity index (χ3v) is 3.89. The van der Waals surface area contributed by atoms with Gasteiger partial charge in [-0.05, 0) is 23.1 Å². The molecular formula is C18H12N2O6. The number of nitro benzene ring substituents is 1. The molecule has 0 aliphatic carbocycles. The van der Waals surface area contributed by atoms with Crippen molar-refractivity contribution in [2.45, 2.75) is 6.42 Å². The molecular weight excluding hydrogens is 340 g/mol. The summed E-state index contributed by atoms with van der Waals surface area (Å²) < 4.78 is 0.834. The first-order valence-corrected chi connectivity index (χ1v) is 7.53. The normalized spacial score (nSPS) is 10.6. The van der Waals surface area contributed by atoms with Gasteiger partial charge in [0.2, 0.25) is 5.91 Å². The van der Waals surface area contributed by atoms with Gasteiger partial charge in [-0.25, -0.2) is 9.36 Å². The number of carboxylic acid groups (broad SMARTS) is 1. The number of benzene rings is 2. The number of rotatable bonds is 4. The number of aromatic carboxylic acids is 1. The lowest BCUT2D eigenvalue weighted by Gasteiger charge is -2.10. The fourth-order valence-electron chi connectivity index (χ4n) is 2.65. The van der Waals surface area contributed by atoms with Crippen molar-refractivity contribution in [3.05, 3.63) is 86.2 Å². The van der Waals surface area contributed by atoms with E-state index in [-0.39, 0.29) is 12.1 Å². The molecule has 3 rings (SSSR count). The number of fused-ring (bicyclic) bond motifs is 1. The van der Waals surface area contributed by atoms with Crippen LogP contribution in [0.1, 0.15) is 20.7 Å². The summed E-state index contributed by atoms with van der Waals surface area (Å²) in [6, 6.07) is 13.1. The second-order valence-electron chi connectivity index (χ2n) is 5.56. The zero-order valence-electron chi connectivity index (χ0n) is 13.3. The van der Waals surface area contributed by atoms with Crippen molar-refractivity contribution in [2.75, 3.05) is 0 Å². The first kappa shape index (κ1) is 17.0. The number of nitrogens with zero attached hydrogens (tertiary/aromatic N) is 2. The van der Waals surface area contributed by atoms with Crippen LogP contribution in [-0.2, 0) is 6.42 Å². The number of nitro groups is 1. The maximum absolute atomic E-state index is 12.7. The molecule has 0 unspecified atom stereocenters. The van der Waals surface area contributed by atoms with E-state index in [9.17, 15) is 29.6 Å². The first-order chi connectivity index (χ1) is 12.4. The molecule has 0 radical (unpaired) electrons. The van der Waals surface area contributed by atoms with E-state index in [2.05, 4.69) is 0 Å². The highest BCUT2D eigenvalue weighted by atomic mass is 16.6. The summed E-state index contributed by atoms with van der Waals surface area (Å²) in [5, 5.41) is 20.3. The Kier molecular flexibility index (Phi) is 4.32. The number of carboxylic acids is 1. The van der Waals surface area contributed by atoms with E-state index < -0.39 is 27.9 Å². The van der Waals surface area contributed by atoms with Gasteiger partial charge in [0.25, 0.3) is 11.2 Å². The van der Waals surface area contributed by atoms with Crippen molar-refractivity contribution >= 4 is 28.5 Å². The number of carbonyl (C=O) groups excluding carboxylic acids is 1. The minimum Gasteiger partial charge on any atom is -0.477 e. The monoisotopic (exact) mass is 352 g/mol. The molecule has 1 heterocycles. The number of non-ortho nitro benzene ring substituents is 1. The molecule has 0 spiro atoms. The number of hydrogen-bond donors (Lipinski definition) is 1. The lowest BCUT2D eigenvalue weighted by molar-refractivity contribution is -0.384. The fraction of sp³-hybridized carbons (Fsp3) is 0.0556. The third-order valence-electron chi connectivity index (χ3n) is 3.89. The third kappa shape index (κ3) is 3.07. The molecule has 2 aromatic carbocycles. The van der Waals surface area contributed by atoms with Gasteiger partial charge in [0.15, 0.2) is 0 Å². The van der Waals surface area contributed by atoms with E-state index in [1.807, 2.05) is 0 Å². The summed E-state index contributed by atoms with van der Waals surface area (Å²) >= 11 is 0. The molecule has 130 valence electrons. The fourth-order valence-corrected chi connectivity index (χ4v) is 2.65. The summed E-state index contributed by atoms with van der Waals surface area (Å²) in [6.07, 6.45) is -0.203. The molecule has 8 heteroatoms. The summed E-state index contributed by atoms with van der Waals surface area (Å²) in [6.45, 7) is 0. The Morgan fingerprint density at radius 1 is 1.08 bits per heavy atom. The maximum Gasteiger partial charge on any atom is 0.341 e. The quantitative estimate of drug-likeness (QED) is 0.569. The Morgan fingerprint density at radius 2 is 1.73 bits per heavy atom. The van der Waals surface area contributed by atoms with Crippen molar-refractivity contribution in [2.24, 2.45) is 0 Å². The largest absolute Gasteiger partial charge is 0.477 e. The van der Waals surface area contributed by atoms with E-state index in [0.29, 0.717) is 16.5 Å². The second kappa shape index (κ2) is 6.60. The maximum atomic E-state index is 12.7. The zero-order chi connectivity index (χ0) is 18.8. The molecule has 0 atom stereocenters. The van der Waals surface area contributed by atoms with Crippen LogP contribution in [0.4, 0.5) is 5.69 Å². The molecule has 1 N–H and O–H groups in total. The van der Waals surface area contributed by atoms with Crippen molar-refractivity contribution in [1.82, 2.24) is 4.57 Å². The molecule has 3 aromatic rings. The van der Waals surface area contributed by atoms with Gasteiger partial charge in [0.05, 0.1) is 16.9 Å². The van der Waals surface area contributed by atoms with Crippen molar-refractivity contribution in [3.63, 3.8) is 0 Å². The van der Waals surface area contributed by atoms with Crippen LogP contribution in [0.15, 0.2) is 59.4 Å². The van der Waals surface area contributed by atoms with Gasteiger partial charge < -0.3 is 5.11 Å². The van der Waals surface area contributed by atoms with E-state index >= 15 is 0 Å². The molecule has 0 fully saturated rings. The molecule has 0 bridgehead atoms. The number of para-hydroxylation sites is 1. The summed E-state index contributed by atoms with van der Waals surface area (Å²) in [4.78, 5) is 46.6. The van der Waals surface area contributed by atoms with Gasteiger partial charge in [-0.1, -0.05) is 30.3 Å². The van der Waals surface area contributed by atoms with Gasteiger partial charge >= 0.3 is 5.97 Å². The SMILES string of the molecule is O=C(O)c1cc2ccccc2n(C(=O)Cc2ccc([N+](=O)[O-])cc2)c1=O. The minimum absolute atomic E-state index is 0.114. The highest BCUT2D eigenvalue weighted by Gasteiger charge is 2.19. The Balaban J connectivity index is 2.07. The highest BCUT2D eigenvalue weighted by molar-refractivity contribution is 5.97. The van der Waals surface area contributed by atoms with Crippen molar-refractivity contribution < 1.29 is 19.6 Å². The predicted octanol–water partition coefficient (Wildman–Crippen LogP) is 2.49. The minimum atomic E-state index is -1.42. The number of carbonyl (C=O) groups is 2. The van der Waals surface area contributed by atoms with Crippen LogP contribution in [0.3, 0.4) is 0 Å². The van der Waals surface area contributed by atoms with Crippen LogP contribution in [0.5, 0.6) is 0 Å². The molecule has 0 amide bonds. The van der Waals surface area contributed by atoms with Gasteiger partial charge in [-0.3, -0.25) is 19.7 Å². The Morgan fingerprint density at radius 3 is 2.35 bits per heavy atom. The van der Waals surface area contributed by atoms with Gasteiger partial charge in [0.1, 0.15) is 5.56 Å². The summed E-state index contributed by atoms with van der Waals surface area (Å²) in [5.41, 5.74) is -0.757. The van der Waals surface area contributed by atoms with Gasteiger partial charge in [0, 0.05) is 12.1 Å². The van der Waals surface area contributed by atoms with Crippen molar-refractivity contribution in [3.8, 4) is 0 Å². The zero-order valence-corrected chi connectivity index (χ0v) is 13.3. The molecule has 0 saturated carbocycles. The average Bonchev–Trinajstić information content (AvgIpc) is 2.61. The smallest absolute Gasteiger partial charge is 0.341 e.